The highest BCUT2D eigenvalue weighted by Gasteiger charge is 2.31. The van der Waals surface area contributed by atoms with Crippen molar-refractivity contribution in [1.29, 1.82) is 0 Å². The lowest BCUT2D eigenvalue weighted by molar-refractivity contribution is -0.274. The van der Waals surface area contributed by atoms with Crippen LogP contribution in [-0.4, -0.2) is 21.9 Å². The molecule has 0 aliphatic heterocycles. The van der Waals surface area contributed by atoms with Crippen LogP contribution in [0.2, 0.25) is 0 Å². The Morgan fingerprint density at radius 3 is 2.32 bits per heavy atom. The van der Waals surface area contributed by atoms with Crippen LogP contribution in [-0.2, 0) is 0 Å². The van der Waals surface area contributed by atoms with E-state index in [-0.39, 0.29) is 23.1 Å². The first kappa shape index (κ1) is 22.3. The molecule has 3 rings (SSSR count). The van der Waals surface area contributed by atoms with E-state index in [1.165, 1.54) is 30.3 Å². The summed E-state index contributed by atoms with van der Waals surface area (Å²) in [6.45, 7) is 7.54. The smallest absolute Gasteiger partial charge is 0.406 e. The predicted octanol–water partition coefficient (Wildman–Crippen LogP) is 6.44. The molecule has 2 N–H and O–H groups in total. The molecule has 1 heterocycles. The third-order valence-corrected chi connectivity index (χ3v) is 4.03. The second-order valence-corrected chi connectivity index (χ2v) is 8.00. The monoisotopic (exact) mass is 434 g/mol. The van der Waals surface area contributed by atoms with Crippen molar-refractivity contribution in [2.75, 3.05) is 10.6 Å². The number of nitrogens with one attached hydrogen (secondary N) is 2. The highest BCUT2D eigenvalue weighted by atomic mass is 19.4. The summed E-state index contributed by atoms with van der Waals surface area (Å²) >= 11 is 0. The van der Waals surface area contributed by atoms with Crippen LogP contribution in [0.4, 0.5) is 35.0 Å². The third kappa shape index (κ3) is 6.56. The van der Waals surface area contributed by atoms with Crippen molar-refractivity contribution in [3.63, 3.8) is 0 Å². The van der Waals surface area contributed by atoms with Gasteiger partial charge in [0.05, 0.1) is 5.69 Å². The van der Waals surface area contributed by atoms with Crippen molar-refractivity contribution in [1.82, 2.24) is 9.97 Å². The summed E-state index contributed by atoms with van der Waals surface area (Å²) in [6.07, 6.45) is -4.80. The van der Waals surface area contributed by atoms with Crippen molar-refractivity contribution in [3.8, 4) is 17.0 Å². The van der Waals surface area contributed by atoms with E-state index in [9.17, 15) is 17.6 Å². The van der Waals surface area contributed by atoms with Gasteiger partial charge in [0.1, 0.15) is 17.4 Å². The topological polar surface area (TPSA) is 59.1 Å². The highest BCUT2D eigenvalue weighted by molar-refractivity contribution is 5.69. The molecule has 0 atom stereocenters. The number of ether oxygens (including phenoxy) is 1. The molecule has 5 nitrogen and oxygen atoms in total. The lowest BCUT2D eigenvalue weighted by Crippen LogP contribution is -2.27. The molecule has 0 amide bonds. The molecule has 0 radical (unpaired) electrons. The second kappa shape index (κ2) is 8.41. The van der Waals surface area contributed by atoms with Crippen molar-refractivity contribution in [2.24, 2.45) is 0 Å². The number of aromatic nitrogens is 2. The summed E-state index contributed by atoms with van der Waals surface area (Å²) in [6, 6.07) is 11.4. The summed E-state index contributed by atoms with van der Waals surface area (Å²) in [5.41, 5.74) is 1.76. The number of aryl methyl sites for hydroxylation is 1. The maximum absolute atomic E-state index is 13.4. The van der Waals surface area contributed by atoms with Crippen LogP contribution in [0, 0.1) is 12.7 Å². The number of halogens is 4. The van der Waals surface area contributed by atoms with Gasteiger partial charge < -0.3 is 15.4 Å². The largest absolute Gasteiger partial charge is 0.573 e. The molecule has 0 aliphatic rings. The Labute approximate surface area is 177 Å². The Balaban J connectivity index is 2.02. The molecule has 3 aromatic rings. The summed E-state index contributed by atoms with van der Waals surface area (Å²) in [5.74, 6) is -0.0242. The average Bonchev–Trinajstić information content (AvgIpc) is 2.61. The number of nitrogens with zero attached hydrogens (tertiary/aromatic N) is 2. The molecule has 31 heavy (non-hydrogen) atoms. The van der Waals surface area contributed by atoms with Gasteiger partial charge in [0.2, 0.25) is 5.95 Å². The van der Waals surface area contributed by atoms with E-state index in [0.29, 0.717) is 28.3 Å². The number of hydrogen-bond acceptors (Lipinski definition) is 5. The maximum Gasteiger partial charge on any atom is 0.573 e. The van der Waals surface area contributed by atoms with Gasteiger partial charge in [-0.15, -0.1) is 13.2 Å². The van der Waals surface area contributed by atoms with Gasteiger partial charge in [-0.2, -0.15) is 4.98 Å². The molecule has 0 spiro atoms. The molecule has 0 bridgehead atoms. The van der Waals surface area contributed by atoms with Crippen molar-refractivity contribution in [2.45, 2.75) is 39.6 Å². The Bertz CT molecular complexity index is 1080. The molecule has 1 aromatic heterocycles. The number of alkyl halides is 3. The van der Waals surface area contributed by atoms with E-state index in [4.69, 9.17) is 0 Å². The Kier molecular flexibility index (Phi) is 6.06. The van der Waals surface area contributed by atoms with Crippen molar-refractivity contribution >= 4 is 17.5 Å². The first-order chi connectivity index (χ1) is 14.4. The fourth-order valence-corrected chi connectivity index (χ4v) is 2.81. The zero-order valence-corrected chi connectivity index (χ0v) is 17.4. The normalized spacial score (nSPS) is 11.9. The third-order valence-electron chi connectivity index (χ3n) is 4.03. The zero-order chi connectivity index (χ0) is 22.8. The van der Waals surface area contributed by atoms with Gasteiger partial charge >= 0.3 is 6.36 Å². The fraction of sp³-hybridized carbons (Fsp3) is 0.273. The lowest BCUT2D eigenvalue weighted by atomic mass is 10.1. The van der Waals surface area contributed by atoms with E-state index in [0.717, 1.165) is 0 Å². The van der Waals surface area contributed by atoms with Gasteiger partial charge in [0.15, 0.2) is 0 Å². The van der Waals surface area contributed by atoms with Crippen LogP contribution in [0.25, 0.3) is 11.3 Å². The fourth-order valence-electron chi connectivity index (χ4n) is 2.81. The molecular weight excluding hydrogens is 412 g/mol. The maximum atomic E-state index is 13.4. The van der Waals surface area contributed by atoms with Crippen LogP contribution in [0.3, 0.4) is 0 Å². The Hall–Kier alpha value is -3.36. The summed E-state index contributed by atoms with van der Waals surface area (Å²) in [7, 11) is 0. The zero-order valence-electron chi connectivity index (χ0n) is 17.4. The van der Waals surface area contributed by atoms with E-state index >= 15 is 0 Å². The number of anilines is 3. The van der Waals surface area contributed by atoms with Gasteiger partial charge in [-0.3, -0.25) is 0 Å². The second-order valence-electron chi connectivity index (χ2n) is 8.00. The number of hydrogen-bond donors (Lipinski definition) is 2. The average molecular weight is 434 g/mol. The van der Waals surface area contributed by atoms with E-state index in [2.05, 4.69) is 25.3 Å². The van der Waals surface area contributed by atoms with E-state index in [1.807, 2.05) is 20.8 Å². The first-order valence-electron chi connectivity index (χ1n) is 9.45. The minimum Gasteiger partial charge on any atom is -0.406 e. The van der Waals surface area contributed by atoms with E-state index < -0.39 is 6.36 Å². The molecular formula is C22H22F4N4O. The highest BCUT2D eigenvalue weighted by Crippen LogP contribution is 2.30. The van der Waals surface area contributed by atoms with E-state index in [1.54, 1.807) is 25.1 Å². The predicted molar refractivity (Wildman–Crippen MR) is 112 cm³/mol. The van der Waals surface area contributed by atoms with Crippen molar-refractivity contribution in [3.05, 3.63) is 59.9 Å². The summed E-state index contributed by atoms with van der Waals surface area (Å²) < 4.78 is 55.2. The Morgan fingerprint density at radius 1 is 0.935 bits per heavy atom. The molecule has 2 aromatic carbocycles. The van der Waals surface area contributed by atoms with Crippen molar-refractivity contribution < 1.29 is 22.3 Å². The molecule has 0 unspecified atom stereocenters. The molecule has 0 saturated carbocycles. The summed E-state index contributed by atoms with van der Waals surface area (Å²) in [4.78, 5) is 8.89. The molecule has 164 valence electrons. The number of benzene rings is 2. The van der Waals surface area contributed by atoms with Gasteiger partial charge in [-0.25, -0.2) is 9.37 Å². The minimum absolute atomic E-state index is 0.286. The van der Waals surface area contributed by atoms with Gasteiger partial charge in [0, 0.05) is 22.9 Å². The van der Waals surface area contributed by atoms with Gasteiger partial charge in [-0.1, -0.05) is 12.1 Å². The van der Waals surface area contributed by atoms with Crippen LogP contribution in [0.5, 0.6) is 5.75 Å². The van der Waals surface area contributed by atoms with Crippen LogP contribution in [0.15, 0.2) is 48.5 Å². The first-order valence-corrected chi connectivity index (χ1v) is 9.45. The van der Waals surface area contributed by atoms with Crippen LogP contribution >= 0.6 is 0 Å². The lowest BCUT2D eigenvalue weighted by Gasteiger charge is -2.21. The number of rotatable bonds is 5. The van der Waals surface area contributed by atoms with Crippen LogP contribution < -0.4 is 15.4 Å². The minimum atomic E-state index is -4.80. The SMILES string of the molecule is Cc1cc(F)ccc1Nc1cc(-c2cccc(OC(F)(F)F)c2)nc(NC(C)(C)C)n1. The van der Waals surface area contributed by atoms with Crippen LogP contribution in [0.1, 0.15) is 26.3 Å². The molecule has 0 fully saturated rings. The Morgan fingerprint density at radius 2 is 1.68 bits per heavy atom. The molecule has 0 saturated heterocycles. The molecule has 9 heteroatoms. The van der Waals surface area contributed by atoms with Gasteiger partial charge in [0.25, 0.3) is 0 Å². The quantitative estimate of drug-likeness (QED) is 0.452. The van der Waals surface area contributed by atoms with Gasteiger partial charge in [-0.05, 0) is 63.6 Å². The summed E-state index contributed by atoms with van der Waals surface area (Å²) in [5, 5.41) is 6.28. The molecule has 0 aliphatic carbocycles. The standard InChI is InChI=1S/C22H22F4N4O/c1-13-10-15(23)8-9-17(13)27-19-12-18(28-20(29-19)30-21(2,3)4)14-6-5-7-16(11-14)31-22(24,25)26/h5-12H,1-4H3,(H2,27,28,29,30).